The quantitative estimate of drug-likeness (QED) is 0.374. The number of phenols is 1. The number of hydrogen-bond donors (Lipinski definition) is 3. The first-order chi connectivity index (χ1) is 16.3. The highest BCUT2D eigenvalue weighted by Gasteiger charge is 2.18. The van der Waals surface area contributed by atoms with Crippen LogP contribution in [0.5, 0.6) is 5.75 Å². The number of carbonyl (C=O) groups is 1. The van der Waals surface area contributed by atoms with E-state index in [2.05, 4.69) is 34.6 Å². The standard InChI is InChI=1S/C17H11Cl2N3O2.C9H19N/c18-12-4-9(5-13(19)16(12)23)8-1-2-14-11(3-8)15-10(6-20-14)7-21-17(24)22-15;1-10(2)8-9-6-4-3-5-7-9/h1-6,23H,7H2,(H2,21,22,24);9H,3-8H2,1-2H3. The van der Waals surface area contributed by atoms with E-state index in [9.17, 15) is 9.90 Å². The summed E-state index contributed by atoms with van der Waals surface area (Å²) in [7, 11) is 4.35. The van der Waals surface area contributed by atoms with E-state index in [0.29, 0.717) is 6.54 Å². The molecule has 2 aromatic carbocycles. The molecule has 2 heterocycles. The maximum absolute atomic E-state index is 11.6. The van der Waals surface area contributed by atoms with Crippen molar-refractivity contribution in [3.8, 4) is 16.9 Å². The zero-order chi connectivity index (χ0) is 24.2. The molecule has 0 spiro atoms. The van der Waals surface area contributed by atoms with Gasteiger partial charge in [0, 0.05) is 30.2 Å². The first kappa shape index (κ1) is 24.6. The summed E-state index contributed by atoms with van der Waals surface area (Å²) in [5.41, 5.74) is 4.06. The molecule has 1 saturated carbocycles. The lowest BCUT2D eigenvalue weighted by atomic mass is 9.89. The Kier molecular flexibility index (Phi) is 7.81. The molecule has 0 unspecified atom stereocenters. The van der Waals surface area contributed by atoms with Gasteiger partial charge in [0.25, 0.3) is 0 Å². The Morgan fingerprint density at radius 2 is 1.76 bits per heavy atom. The molecule has 1 fully saturated rings. The van der Waals surface area contributed by atoms with E-state index < -0.39 is 0 Å². The van der Waals surface area contributed by atoms with Crippen molar-refractivity contribution in [2.75, 3.05) is 26.0 Å². The summed E-state index contributed by atoms with van der Waals surface area (Å²) in [6.07, 6.45) is 9.11. The van der Waals surface area contributed by atoms with Gasteiger partial charge in [-0.05, 0) is 68.2 Å². The molecule has 0 atom stereocenters. The van der Waals surface area contributed by atoms with Crippen LogP contribution in [-0.2, 0) is 6.54 Å². The lowest BCUT2D eigenvalue weighted by Crippen LogP contribution is -2.33. The fraction of sp³-hybridized carbons (Fsp3) is 0.385. The van der Waals surface area contributed by atoms with Crippen LogP contribution >= 0.6 is 23.2 Å². The van der Waals surface area contributed by atoms with Crippen LogP contribution in [0.25, 0.3) is 22.0 Å². The Labute approximate surface area is 210 Å². The molecule has 1 aromatic heterocycles. The number of phenolic OH excluding ortho intramolecular Hbond substituents is 1. The number of anilines is 1. The second-order valence-corrected chi connectivity index (χ2v) is 10.1. The molecule has 5 rings (SSSR count). The number of pyridine rings is 1. The zero-order valence-corrected chi connectivity index (χ0v) is 21.0. The van der Waals surface area contributed by atoms with Crippen molar-refractivity contribution in [1.82, 2.24) is 15.2 Å². The van der Waals surface area contributed by atoms with Crippen molar-refractivity contribution in [1.29, 1.82) is 0 Å². The number of rotatable bonds is 3. The van der Waals surface area contributed by atoms with E-state index in [-0.39, 0.29) is 21.8 Å². The van der Waals surface area contributed by atoms with Gasteiger partial charge in [0.15, 0.2) is 5.75 Å². The third kappa shape index (κ3) is 5.74. The molecular weight excluding hydrogens is 471 g/mol. The summed E-state index contributed by atoms with van der Waals surface area (Å²) in [6, 6.07) is 8.74. The van der Waals surface area contributed by atoms with Crippen LogP contribution in [0.3, 0.4) is 0 Å². The second kappa shape index (κ2) is 10.8. The van der Waals surface area contributed by atoms with Gasteiger partial charge in [-0.1, -0.05) is 48.5 Å². The van der Waals surface area contributed by atoms with Crippen LogP contribution in [0.15, 0.2) is 36.5 Å². The number of nitrogens with zero attached hydrogens (tertiary/aromatic N) is 2. The molecule has 34 heavy (non-hydrogen) atoms. The minimum Gasteiger partial charge on any atom is -0.505 e. The lowest BCUT2D eigenvalue weighted by Gasteiger charge is -2.24. The summed E-state index contributed by atoms with van der Waals surface area (Å²) in [5, 5.41) is 16.5. The van der Waals surface area contributed by atoms with Gasteiger partial charge in [-0.15, -0.1) is 0 Å². The van der Waals surface area contributed by atoms with Crippen LogP contribution in [0.4, 0.5) is 10.5 Å². The van der Waals surface area contributed by atoms with Crippen molar-refractivity contribution < 1.29 is 9.90 Å². The summed E-state index contributed by atoms with van der Waals surface area (Å²) in [5.74, 6) is 0.865. The van der Waals surface area contributed by atoms with Crippen molar-refractivity contribution in [2.45, 2.75) is 38.6 Å². The largest absolute Gasteiger partial charge is 0.505 e. The number of amides is 2. The Morgan fingerprint density at radius 3 is 2.44 bits per heavy atom. The number of urea groups is 1. The third-order valence-corrected chi connectivity index (χ3v) is 6.90. The molecule has 0 saturated heterocycles. The number of aromatic hydroxyl groups is 1. The second-order valence-electron chi connectivity index (χ2n) is 9.25. The number of halogens is 2. The average molecular weight is 501 g/mol. The van der Waals surface area contributed by atoms with Gasteiger partial charge >= 0.3 is 6.03 Å². The fourth-order valence-corrected chi connectivity index (χ4v) is 5.13. The van der Waals surface area contributed by atoms with Gasteiger partial charge < -0.3 is 20.6 Å². The third-order valence-electron chi connectivity index (χ3n) is 6.32. The van der Waals surface area contributed by atoms with E-state index in [1.807, 2.05) is 18.2 Å². The van der Waals surface area contributed by atoms with Gasteiger partial charge in [-0.2, -0.15) is 0 Å². The molecule has 180 valence electrons. The highest BCUT2D eigenvalue weighted by atomic mass is 35.5. The Hall–Kier alpha value is -2.54. The molecule has 0 bridgehead atoms. The van der Waals surface area contributed by atoms with Gasteiger partial charge in [0.05, 0.1) is 21.2 Å². The summed E-state index contributed by atoms with van der Waals surface area (Å²) in [6.45, 7) is 1.74. The maximum Gasteiger partial charge on any atom is 0.319 e. The van der Waals surface area contributed by atoms with Crippen LogP contribution in [-0.4, -0.2) is 41.7 Å². The van der Waals surface area contributed by atoms with Gasteiger partial charge in [0.1, 0.15) is 0 Å². The molecule has 2 amide bonds. The number of fused-ring (bicyclic) bond motifs is 3. The van der Waals surface area contributed by atoms with Crippen LogP contribution in [0.2, 0.25) is 10.0 Å². The summed E-state index contributed by atoms with van der Waals surface area (Å²) >= 11 is 12.0. The Bertz CT molecular complexity index is 1170. The van der Waals surface area contributed by atoms with Crippen molar-refractivity contribution >= 4 is 45.8 Å². The number of carbonyl (C=O) groups excluding carboxylic acids is 1. The van der Waals surface area contributed by atoms with Crippen LogP contribution in [0, 0.1) is 5.92 Å². The number of aromatic nitrogens is 1. The van der Waals surface area contributed by atoms with E-state index in [4.69, 9.17) is 23.2 Å². The van der Waals surface area contributed by atoms with Crippen molar-refractivity contribution in [3.05, 3.63) is 52.1 Å². The minimum absolute atomic E-state index is 0.139. The molecule has 3 aromatic rings. The van der Waals surface area contributed by atoms with E-state index >= 15 is 0 Å². The van der Waals surface area contributed by atoms with Gasteiger partial charge in [0.2, 0.25) is 0 Å². The van der Waals surface area contributed by atoms with E-state index in [1.54, 1.807) is 18.3 Å². The first-order valence-electron chi connectivity index (χ1n) is 11.6. The molecule has 6 nitrogen and oxygen atoms in total. The zero-order valence-electron chi connectivity index (χ0n) is 19.5. The average Bonchev–Trinajstić information content (AvgIpc) is 2.82. The van der Waals surface area contributed by atoms with Gasteiger partial charge in [-0.3, -0.25) is 4.98 Å². The fourth-order valence-electron chi connectivity index (χ4n) is 4.65. The summed E-state index contributed by atoms with van der Waals surface area (Å²) in [4.78, 5) is 18.4. The number of nitrogens with one attached hydrogen (secondary N) is 2. The smallest absolute Gasteiger partial charge is 0.319 e. The summed E-state index contributed by atoms with van der Waals surface area (Å²) < 4.78 is 0. The molecule has 2 aliphatic rings. The van der Waals surface area contributed by atoms with Crippen LogP contribution < -0.4 is 10.6 Å². The molecule has 1 aliphatic heterocycles. The number of hydrogen-bond acceptors (Lipinski definition) is 4. The maximum atomic E-state index is 11.6. The molecule has 1 aliphatic carbocycles. The van der Waals surface area contributed by atoms with E-state index in [1.165, 1.54) is 38.6 Å². The lowest BCUT2D eigenvalue weighted by molar-refractivity contribution is 0.251. The van der Waals surface area contributed by atoms with Crippen LogP contribution in [0.1, 0.15) is 37.7 Å². The predicted molar refractivity (Wildman–Crippen MR) is 140 cm³/mol. The SMILES string of the molecule is CN(C)CC1CCCCC1.O=C1NCc2cnc3ccc(-c4cc(Cl)c(O)c(Cl)c4)cc3c2N1. The normalized spacial score (nSPS) is 15.9. The Balaban J connectivity index is 0.000000231. The topological polar surface area (TPSA) is 77.5 Å². The molecule has 3 N–H and O–H groups in total. The highest BCUT2D eigenvalue weighted by Crippen LogP contribution is 2.38. The minimum atomic E-state index is -0.240. The van der Waals surface area contributed by atoms with E-state index in [0.717, 1.165) is 39.2 Å². The van der Waals surface area contributed by atoms with Crippen molar-refractivity contribution in [3.63, 3.8) is 0 Å². The molecule has 0 radical (unpaired) electrons. The molecular formula is C26H30Cl2N4O2. The first-order valence-corrected chi connectivity index (χ1v) is 12.4. The Morgan fingerprint density at radius 1 is 1.06 bits per heavy atom. The van der Waals surface area contributed by atoms with Crippen molar-refractivity contribution in [2.24, 2.45) is 5.92 Å². The monoisotopic (exact) mass is 500 g/mol. The highest BCUT2D eigenvalue weighted by molar-refractivity contribution is 6.37. The predicted octanol–water partition coefficient (Wildman–Crippen LogP) is 6.68. The molecule has 8 heteroatoms. The number of benzene rings is 2. The van der Waals surface area contributed by atoms with Gasteiger partial charge in [-0.25, -0.2) is 4.79 Å².